The molecule has 0 spiro atoms. The van der Waals surface area contributed by atoms with E-state index in [-0.39, 0.29) is 56.3 Å². The zero-order chi connectivity index (χ0) is 28.6. The molecule has 0 bridgehead atoms. The number of rotatable bonds is 8. The summed E-state index contributed by atoms with van der Waals surface area (Å²) in [6.45, 7) is 14.8. The fourth-order valence-corrected chi connectivity index (χ4v) is 4.97. The van der Waals surface area contributed by atoms with Crippen LogP contribution in [0.5, 0.6) is 0 Å². The van der Waals surface area contributed by atoms with E-state index >= 15 is 0 Å². The molecule has 223 valence electrons. The van der Waals surface area contributed by atoms with Gasteiger partial charge in [0.25, 0.3) is 0 Å². The van der Waals surface area contributed by atoms with E-state index in [1.807, 2.05) is 40.0 Å². The molecule has 0 fully saturated rings. The largest absolute Gasteiger partial charge is 0.512 e. The van der Waals surface area contributed by atoms with Crippen molar-refractivity contribution >= 4 is 27.3 Å². The molecule has 4 rings (SSSR count). The van der Waals surface area contributed by atoms with Crippen molar-refractivity contribution in [3.63, 3.8) is 0 Å². The first-order valence-electron chi connectivity index (χ1n) is 14.4. The fourth-order valence-electron chi connectivity index (χ4n) is 4.97. The van der Waals surface area contributed by atoms with Gasteiger partial charge < -0.3 is 10.1 Å². The van der Waals surface area contributed by atoms with Gasteiger partial charge in [0.1, 0.15) is 0 Å². The van der Waals surface area contributed by atoms with Crippen LogP contribution in [-0.4, -0.2) is 15.9 Å². The average Bonchev–Trinajstić information content (AvgIpc) is 2.93. The number of fused-ring (bicyclic) bond motifs is 2. The zero-order valence-electron chi connectivity index (χ0n) is 25.0. The molecule has 1 N–H and O–H groups in total. The number of hydrogen-bond donors (Lipinski definition) is 1. The predicted molar refractivity (Wildman–Crippen MR) is 173 cm³/mol. The number of carbonyl (C=O) groups is 1. The number of nitrogens with zero attached hydrogens (tertiary/aromatic N) is 1. The third-order valence-corrected chi connectivity index (χ3v) is 7.67. The van der Waals surface area contributed by atoms with Crippen molar-refractivity contribution in [1.82, 2.24) is 4.98 Å². The summed E-state index contributed by atoms with van der Waals surface area (Å²) in [4.78, 5) is 16.4. The summed E-state index contributed by atoms with van der Waals surface area (Å²) in [5.74, 6) is 0.547. The van der Waals surface area contributed by atoms with Gasteiger partial charge in [0.05, 0.1) is 5.76 Å². The maximum Gasteiger partial charge on any atom is 0.162 e. The van der Waals surface area contributed by atoms with E-state index in [0.717, 1.165) is 36.9 Å². The van der Waals surface area contributed by atoms with Gasteiger partial charge in [-0.25, -0.2) is 0 Å². The molecule has 3 aromatic carbocycles. The first-order chi connectivity index (χ1) is 18.6. The Morgan fingerprint density at radius 2 is 1.49 bits per heavy atom. The van der Waals surface area contributed by atoms with Crippen LogP contribution in [0.25, 0.3) is 32.8 Å². The number of allylic oxidation sites excluding steroid dienone is 2. The molecule has 0 aliphatic heterocycles. The number of aromatic nitrogens is 1. The van der Waals surface area contributed by atoms with Gasteiger partial charge in [-0.05, 0) is 59.2 Å². The number of aliphatic hydroxyl groups is 1. The summed E-state index contributed by atoms with van der Waals surface area (Å²) >= 11 is 0. The van der Waals surface area contributed by atoms with Crippen molar-refractivity contribution < 1.29 is 30.0 Å². The molecule has 3 nitrogen and oxygen atoms in total. The second-order valence-electron chi connectivity index (χ2n) is 11.3. The number of pyridine rings is 1. The standard InChI is InChI=1S/C23H20N.C13H24O2.CH4.Ir/c1-23(2,3)18-12-11-17-13-14-24-22(21(17)15-18)20-10-6-8-16-7-4-5-9-19(16)20;1-5-10(6-2)12(14)9-13(15)11(7-3)8-4;;/h4-9,11-15H,1-3H3;9-11,14H,5-8H2,1-4H3;1H4;/q-1;;;. The minimum absolute atomic E-state index is 0. The summed E-state index contributed by atoms with van der Waals surface area (Å²) in [5, 5.41) is 14.6. The molecule has 1 heterocycles. The summed E-state index contributed by atoms with van der Waals surface area (Å²) in [7, 11) is 0. The Hall–Kier alpha value is -2.81. The third-order valence-electron chi connectivity index (χ3n) is 7.67. The Kier molecular flexibility index (Phi) is 14.7. The summed E-state index contributed by atoms with van der Waals surface area (Å²) in [6, 6.07) is 24.7. The molecular weight excluding hydrogens is 683 g/mol. The van der Waals surface area contributed by atoms with Gasteiger partial charge in [0.15, 0.2) is 5.78 Å². The van der Waals surface area contributed by atoms with Gasteiger partial charge in [-0.15, -0.1) is 29.1 Å². The van der Waals surface area contributed by atoms with Crippen molar-refractivity contribution in [2.75, 3.05) is 0 Å². The minimum atomic E-state index is 0. The topological polar surface area (TPSA) is 50.2 Å². The van der Waals surface area contributed by atoms with E-state index < -0.39 is 0 Å². The number of hydrogen-bond acceptors (Lipinski definition) is 3. The summed E-state index contributed by atoms with van der Waals surface area (Å²) < 4.78 is 0. The van der Waals surface area contributed by atoms with Crippen LogP contribution in [0.1, 0.15) is 87.1 Å². The zero-order valence-corrected chi connectivity index (χ0v) is 27.4. The second kappa shape index (κ2) is 16.6. The van der Waals surface area contributed by atoms with Crippen LogP contribution in [0, 0.1) is 17.9 Å². The summed E-state index contributed by atoms with van der Waals surface area (Å²) in [6.07, 6.45) is 6.80. The Morgan fingerprint density at radius 1 is 0.878 bits per heavy atom. The quantitative estimate of drug-likeness (QED) is 0.112. The van der Waals surface area contributed by atoms with Gasteiger partial charge in [-0.3, -0.25) is 4.79 Å². The smallest absolute Gasteiger partial charge is 0.162 e. The average molecular weight is 731 g/mol. The van der Waals surface area contributed by atoms with Crippen LogP contribution in [0.3, 0.4) is 0 Å². The van der Waals surface area contributed by atoms with Crippen molar-refractivity contribution in [2.45, 2.75) is 87.0 Å². The third kappa shape index (κ3) is 9.09. The van der Waals surface area contributed by atoms with Crippen molar-refractivity contribution in [3.8, 4) is 11.3 Å². The molecule has 4 aromatic rings. The van der Waals surface area contributed by atoms with Gasteiger partial charge in [-0.2, -0.15) is 0 Å². The Labute approximate surface area is 261 Å². The molecule has 4 heteroatoms. The minimum Gasteiger partial charge on any atom is -0.512 e. The maximum absolute atomic E-state index is 11.7. The van der Waals surface area contributed by atoms with E-state index in [2.05, 4.69) is 81.4 Å². The molecule has 0 atom stereocenters. The van der Waals surface area contributed by atoms with E-state index in [0.29, 0.717) is 0 Å². The van der Waals surface area contributed by atoms with Crippen LogP contribution in [0.15, 0.2) is 78.7 Å². The first kappa shape index (κ1) is 36.2. The monoisotopic (exact) mass is 731 g/mol. The SMILES string of the molecule is C.CC(C)(C)c1ccc2ccnc(-c3[c-]ccc4ccccc34)c2c1.CCC(CC)C(=O)C=C(O)C(CC)CC.[Ir]. The van der Waals surface area contributed by atoms with E-state index in [9.17, 15) is 9.90 Å². The van der Waals surface area contributed by atoms with Gasteiger partial charge >= 0.3 is 0 Å². The first-order valence-corrected chi connectivity index (χ1v) is 14.4. The van der Waals surface area contributed by atoms with Crippen molar-refractivity contribution in [3.05, 3.63) is 90.3 Å². The van der Waals surface area contributed by atoms with Gasteiger partial charge in [0, 0.05) is 44.2 Å². The Bertz CT molecular complexity index is 1420. The van der Waals surface area contributed by atoms with Crippen molar-refractivity contribution in [1.29, 1.82) is 0 Å². The summed E-state index contributed by atoms with van der Waals surface area (Å²) in [5.41, 5.74) is 3.52. The van der Waals surface area contributed by atoms with E-state index in [1.54, 1.807) is 0 Å². The molecule has 41 heavy (non-hydrogen) atoms. The molecule has 0 aliphatic carbocycles. The Morgan fingerprint density at radius 3 is 2.10 bits per heavy atom. The van der Waals surface area contributed by atoms with Gasteiger partial charge in [0.2, 0.25) is 0 Å². The predicted octanol–water partition coefficient (Wildman–Crippen LogP) is 10.7. The van der Waals surface area contributed by atoms with E-state index in [4.69, 9.17) is 4.98 Å². The van der Waals surface area contributed by atoms with Crippen LogP contribution in [0.2, 0.25) is 0 Å². The molecule has 0 saturated carbocycles. The number of aliphatic hydroxyl groups excluding tert-OH is 1. The molecule has 1 aromatic heterocycles. The molecule has 1 radical (unpaired) electrons. The van der Waals surface area contributed by atoms with Crippen LogP contribution >= 0.6 is 0 Å². The van der Waals surface area contributed by atoms with Crippen LogP contribution in [-0.2, 0) is 30.3 Å². The van der Waals surface area contributed by atoms with Crippen LogP contribution < -0.4 is 0 Å². The molecule has 0 saturated heterocycles. The molecular formula is C37H48IrNO2-. The number of benzene rings is 3. The van der Waals surface area contributed by atoms with E-state index in [1.165, 1.54) is 33.2 Å². The molecule has 0 unspecified atom stereocenters. The van der Waals surface area contributed by atoms with Crippen LogP contribution in [0.4, 0.5) is 0 Å². The van der Waals surface area contributed by atoms with Crippen molar-refractivity contribution in [2.24, 2.45) is 11.8 Å². The fraction of sp³-hybridized carbons (Fsp3) is 0.405. The Balaban J connectivity index is 0.000000436. The number of carbonyl (C=O) groups excluding carboxylic acids is 1. The normalized spacial score (nSPS) is 11.6. The second-order valence-corrected chi connectivity index (χ2v) is 11.3. The number of ketones is 1. The maximum atomic E-state index is 11.7. The van der Waals surface area contributed by atoms with Gasteiger partial charge in [-0.1, -0.05) is 104 Å². The molecule has 0 aliphatic rings. The molecule has 0 amide bonds.